The maximum atomic E-state index is 13.7. The minimum atomic E-state index is -3.94. The topological polar surface area (TPSA) is 143 Å². The summed E-state index contributed by atoms with van der Waals surface area (Å²) >= 11 is 0. The van der Waals surface area contributed by atoms with Crippen LogP contribution in [0.1, 0.15) is 29.8 Å². The predicted octanol–water partition coefficient (Wildman–Crippen LogP) is 3.35. The summed E-state index contributed by atoms with van der Waals surface area (Å²) in [4.78, 5) is 15.4. The average molecular weight is 632 g/mol. The second kappa shape index (κ2) is 12.9. The summed E-state index contributed by atoms with van der Waals surface area (Å²) in [5.41, 5.74) is 1.14. The predicted molar refractivity (Wildman–Crippen MR) is 162 cm³/mol. The molecule has 1 aliphatic heterocycles. The molecule has 1 heterocycles. The van der Waals surface area contributed by atoms with Crippen molar-refractivity contribution >= 4 is 31.6 Å². The molecular weight excluding hydrogens is 594 g/mol. The number of hydrogen-bond acceptors (Lipinski definition) is 8. The maximum absolute atomic E-state index is 13.7. The second-order valence-corrected chi connectivity index (χ2v) is 14.4. The summed E-state index contributed by atoms with van der Waals surface area (Å²) in [6.45, 7) is 5.23. The number of fused-ring (bicyclic) bond motifs is 1. The van der Waals surface area contributed by atoms with Crippen LogP contribution < -0.4 is 14.2 Å². The standard InChI is InChI=1S/C30H37N3O8S2/c1-20-6-11-25(12-7-20)42(36,37)31-23-8-15-28-27(16-23)30(35)33(22(3)19-34)17-21(2)29(41-28)18-32(4)43(38,39)26-13-9-24(40-5)10-14-26/h6-16,21-22,29,31,34H,17-19H2,1-5H3/t21-,22+,29+/m1/s1. The van der Waals surface area contributed by atoms with Gasteiger partial charge in [-0.25, -0.2) is 16.8 Å². The third-order valence-electron chi connectivity index (χ3n) is 7.45. The number of nitrogens with one attached hydrogen (secondary N) is 1. The number of methoxy groups -OCH3 is 1. The Kier molecular flexibility index (Phi) is 9.70. The lowest BCUT2D eigenvalue weighted by Crippen LogP contribution is -2.50. The van der Waals surface area contributed by atoms with Crippen molar-refractivity contribution in [2.24, 2.45) is 5.92 Å². The normalized spacial score (nSPS) is 18.3. The maximum Gasteiger partial charge on any atom is 0.261 e. The van der Waals surface area contributed by atoms with Crippen LogP contribution in [0, 0.1) is 12.8 Å². The van der Waals surface area contributed by atoms with Gasteiger partial charge in [-0.2, -0.15) is 4.31 Å². The number of benzene rings is 3. The van der Waals surface area contributed by atoms with Gasteiger partial charge in [0.15, 0.2) is 0 Å². The summed E-state index contributed by atoms with van der Waals surface area (Å²) in [5.74, 6) is -0.0829. The molecule has 0 radical (unpaired) electrons. The van der Waals surface area contributed by atoms with Crippen LogP contribution in [0.15, 0.2) is 76.5 Å². The zero-order valence-electron chi connectivity index (χ0n) is 24.7. The van der Waals surface area contributed by atoms with Crippen LogP contribution in [-0.4, -0.2) is 83.1 Å². The number of aliphatic hydroxyl groups is 1. The minimum absolute atomic E-state index is 0.0354. The smallest absolute Gasteiger partial charge is 0.261 e. The molecule has 2 N–H and O–H groups in total. The van der Waals surface area contributed by atoms with E-state index in [0.717, 1.165) is 5.56 Å². The third-order valence-corrected chi connectivity index (χ3v) is 10.7. The van der Waals surface area contributed by atoms with E-state index >= 15 is 0 Å². The molecule has 11 nitrogen and oxygen atoms in total. The van der Waals surface area contributed by atoms with E-state index in [9.17, 15) is 26.7 Å². The van der Waals surface area contributed by atoms with E-state index in [1.54, 1.807) is 31.2 Å². The highest BCUT2D eigenvalue weighted by Gasteiger charge is 2.35. The van der Waals surface area contributed by atoms with Gasteiger partial charge >= 0.3 is 0 Å². The van der Waals surface area contributed by atoms with Gasteiger partial charge in [0.1, 0.15) is 17.6 Å². The monoisotopic (exact) mass is 631 g/mol. The fourth-order valence-corrected chi connectivity index (χ4v) is 6.95. The van der Waals surface area contributed by atoms with Crippen molar-refractivity contribution in [2.45, 2.75) is 42.7 Å². The molecule has 232 valence electrons. The van der Waals surface area contributed by atoms with Crippen molar-refractivity contribution in [3.63, 3.8) is 0 Å². The van der Waals surface area contributed by atoms with E-state index in [4.69, 9.17) is 9.47 Å². The molecule has 3 aromatic carbocycles. The number of likely N-dealkylation sites (N-methyl/N-ethyl adjacent to an activating group) is 1. The number of aliphatic hydroxyl groups excluding tert-OH is 1. The highest BCUT2D eigenvalue weighted by atomic mass is 32.2. The summed E-state index contributed by atoms with van der Waals surface area (Å²) in [6, 6.07) is 16.2. The number of anilines is 1. The Labute approximate surface area is 253 Å². The Balaban J connectivity index is 1.67. The number of rotatable bonds is 10. The lowest BCUT2D eigenvalue weighted by atomic mass is 9.99. The SMILES string of the molecule is COc1ccc(S(=O)(=O)N(C)C[C@@H]2Oc3ccc(NS(=O)(=O)c4ccc(C)cc4)cc3C(=O)N([C@@H](C)CO)C[C@H]2C)cc1. The Hall–Kier alpha value is -3.65. The number of nitrogens with zero attached hydrogens (tertiary/aromatic N) is 2. The summed E-state index contributed by atoms with van der Waals surface area (Å²) < 4.78 is 67.9. The molecule has 1 amide bonds. The lowest BCUT2D eigenvalue weighted by molar-refractivity contribution is 0.0387. The molecule has 3 aromatic rings. The van der Waals surface area contributed by atoms with Crippen LogP contribution in [-0.2, 0) is 20.0 Å². The van der Waals surface area contributed by atoms with E-state index in [1.807, 2.05) is 13.8 Å². The first-order valence-corrected chi connectivity index (χ1v) is 16.6. The van der Waals surface area contributed by atoms with Crippen molar-refractivity contribution < 1.29 is 36.2 Å². The van der Waals surface area contributed by atoms with Crippen LogP contribution in [0.4, 0.5) is 5.69 Å². The van der Waals surface area contributed by atoms with Gasteiger partial charge in [-0.1, -0.05) is 24.6 Å². The number of amides is 1. The second-order valence-electron chi connectivity index (χ2n) is 10.7. The van der Waals surface area contributed by atoms with E-state index in [2.05, 4.69) is 4.72 Å². The number of carbonyl (C=O) groups is 1. The van der Waals surface area contributed by atoms with Gasteiger partial charge in [0.25, 0.3) is 15.9 Å². The molecule has 0 fully saturated rings. The largest absolute Gasteiger partial charge is 0.497 e. The van der Waals surface area contributed by atoms with Crippen molar-refractivity contribution in [2.75, 3.05) is 38.6 Å². The molecule has 0 saturated carbocycles. The molecule has 0 saturated heterocycles. The third kappa shape index (κ3) is 7.12. The number of hydrogen-bond donors (Lipinski definition) is 2. The molecule has 0 bridgehead atoms. The Bertz CT molecular complexity index is 1660. The van der Waals surface area contributed by atoms with Gasteiger partial charge in [0, 0.05) is 25.2 Å². The Morgan fingerprint density at radius 1 is 1.05 bits per heavy atom. The van der Waals surface area contributed by atoms with Gasteiger partial charge < -0.3 is 19.5 Å². The lowest BCUT2D eigenvalue weighted by Gasteiger charge is -2.38. The van der Waals surface area contributed by atoms with Crippen molar-refractivity contribution in [1.29, 1.82) is 0 Å². The van der Waals surface area contributed by atoms with Gasteiger partial charge in [0.2, 0.25) is 10.0 Å². The summed E-state index contributed by atoms with van der Waals surface area (Å²) in [7, 11) is -4.88. The van der Waals surface area contributed by atoms with Gasteiger partial charge in [0.05, 0.1) is 41.7 Å². The molecule has 3 atom stereocenters. The molecule has 0 aliphatic carbocycles. The molecule has 13 heteroatoms. The van der Waals surface area contributed by atoms with Crippen molar-refractivity contribution in [1.82, 2.24) is 9.21 Å². The number of carbonyl (C=O) groups excluding carboxylic acids is 1. The quantitative estimate of drug-likeness (QED) is 0.347. The summed E-state index contributed by atoms with van der Waals surface area (Å²) in [6.07, 6.45) is -0.687. The fourth-order valence-electron chi connectivity index (χ4n) is 4.71. The zero-order chi connectivity index (χ0) is 31.5. The molecule has 43 heavy (non-hydrogen) atoms. The molecule has 0 aromatic heterocycles. The van der Waals surface area contributed by atoms with Gasteiger partial charge in [-0.3, -0.25) is 9.52 Å². The van der Waals surface area contributed by atoms with Crippen molar-refractivity contribution in [3.8, 4) is 11.5 Å². The summed E-state index contributed by atoms with van der Waals surface area (Å²) in [5, 5.41) is 9.92. The minimum Gasteiger partial charge on any atom is -0.497 e. The van der Waals surface area contributed by atoms with Gasteiger partial charge in [-0.05, 0) is 68.4 Å². The Morgan fingerprint density at radius 3 is 2.28 bits per heavy atom. The van der Waals surface area contributed by atoms with Crippen LogP contribution in [0.25, 0.3) is 0 Å². The highest BCUT2D eigenvalue weighted by molar-refractivity contribution is 7.92. The fraction of sp³-hybridized carbons (Fsp3) is 0.367. The Morgan fingerprint density at radius 2 is 1.67 bits per heavy atom. The first-order valence-electron chi connectivity index (χ1n) is 13.7. The first-order chi connectivity index (χ1) is 20.3. The first kappa shape index (κ1) is 32.3. The van der Waals surface area contributed by atoms with E-state index in [0.29, 0.717) is 5.75 Å². The number of sulfonamides is 2. The molecule has 1 aliphatic rings. The van der Waals surface area contributed by atoms with E-state index in [1.165, 1.54) is 65.8 Å². The molecule has 0 spiro atoms. The van der Waals surface area contributed by atoms with Crippen LogP contribution in [0.5, 0.6) is 11.5 Å². The van der Waals surface area contributed by atoms with Crippen LogP contribution in [0.3, 0.4) is 0 Å². The van der Waals surface area contributed by atoms with Crippen LogP contribution in [0.2, 0.25) is 0 Å². The van der Waals surface area contributed by atoms with Gasteiger partial charge in [-0.15, -0.1) is 0 Å². The van der Waals surface area contributed by atoms with E-state index in [-0.39, 0.29) is 52.4 Å². The van der Waals surface area contributed by atoms with E-state index < -0.39 is 38.1 Å². The highest BCUT2D eigenvalue weighted by Crippen LogP contribution is 2.32. The van der Waals surface area contributed by atoms with Crippen molar-refractivity contribution in [3.05, 3.63) is 77.9 Å². The molecular formula is C30H37N3O8S2. The molecule has 0 unspecified atom stereocenters. The average Bonchev–Trinajstić information content (AvgIpc) is 2.98. The zero-order valence-corrected chi connectivity index (χ0v) is 26.4. The van der Waals surface area contributed by atoms with Crippen LogP contribution >= 0.6 is 0 Å². The number of aryl methyl sites for hydroxylation is 1. The number of ether oxygens (including phenoxy) is 2. The molecule has 4 rings (SSSR count).